The van der Waals surface area contributed by atoms with Gasteiger partial charge in [-0.1, -0.05) is 74.7 Å². The Morgan fingerprint density at radius 2 is 1.29 bits per heavy atom. The second-order valence-corrected chi connectivity index (χ2v) is 8.36. The van der Waals surface area contributed by atoms with E-state index >= 15 is 0 Å². The number of anilines is 1. The summed E-state index contributed by atoms with van der Waals surface area (Å²) in [5, 5.41) is 2.95. The topological polar surface area (TPSA) is 46.2 Å². The van der Waals surface area contributed by atoms with Crippen molar-refractivity contribution in [2.75, 3.05) is 5.32 Å². The Balaban J connectivity index is 1.40. The molecule has 1 N–H and O–H groups in total. The number of ketones is 1. The summed E-state index contributed by atoms with van der Waals surface area (Å²) >= 11 is 0. The minimum absolute atomic E-state index is 0.110. The summed E-state index contributed by atoms with van der Waals surface area (Å²) in [6, 6.07) is 23.4. The molecule has 0 saturated heterocycles. The smallest absolute Gasteiger partial charge is 0.255 e. The number of aryl methyl sites for hydroxylation is 1. The predicted molar refractivity (Wildman–Crippen MR) is 127 cm³/mol. The second-order valence-electron chi connectivity index (χ2n) is 8.36. The Hall–Kier alpha value is -3.20. The van der Waals surface area contributed by atoms with Crippen LogP contribution in [-0.4, -0.2) is 11.7 Å². The zero-order valence-corrected chi connectivity index (χ0v) is 18.1. The third-order valence-corrected chi connectivity index (χ3v) is 6.25. The van der Waals surface area contributed by atoms with E-state index < -0.39 is 0 Å². The molecule has 0 bridgehead atoms. The zero-order chi connectivity index (χ0) is 21.6. The average Bonchev–Trinajstić information content (AvgIpc) is 2.85. The molecule has 1 fully saturated rings. The van der Waals surface area contributed by atoms with Crippen molar-refractivity contribution in [3.63, 3.8) is 0 Å². The van der Waals surface area contributed by atoms with Gasteiger partial charge in [-0.3, -0.25) is 9.59 Å². The highest BCUT2D eigenvalue weighted by atomic mass is 16.1. The van der Waals surface area contributed by atoms with E-state index in [1.807, 2.05) is 72.8 Å². The molecule has 3 aromatic carbocycles. The van der Waals surface area contributed by atoms with E-state index in [-0.39, 0.29) is 17.6 Å². The van der Waals surface area contributed by atoms with Crippen LogP contribution in [0.5, 0.6) is 0 Å². The molecule has 158 valence electrons. The molecule has 0 aliphatic heterocycles. The van der Waals surface area contributed by atoms with Gasteiger partial charge in [0.15, 0.2) is 5.78 Å². The number of carbonyl (C=O) groups is 2. The van der Waals surface area contributed by atoms with Crippen molar-refractivity contribution in [3.8, 4) is 11.1 Å². The van der Waals surface area contributed by atoms with Crippen molar-refractivity contribution in [1.29, 1.82) is 0 Å². The zero-order valence-electron chi connectivity index (χ0n) is 18.1. The maximum atomic E-state index is 12.7. The standard InChI is InChI=1S/C28H29NO2/c1-2-20-8-10-25(11-9-20)28(31)29-26-18-16-22(17-19-26)21-12-14-24(15-13-21)27(30)23-6-4-3-5-7-23/h8-19,23H,2-7H2,1H3,(H,29,31). The lowest BCUT2D eigenvalue weighted by Crippen LogP contribution is -2.17. The molecule has 4 rings (SSSR count). The van der Waals surface area contributed by atoms with E-state index in [9.17, 15) is 9.59 Å². The Morgan fingerprint density at radius 1 is 0.742 bits per heavy atom. The van der Waals surface area contributed by atoms with Crippen LogP contribution in [0.1, 0.15) is 65.3 Å². The third kappa shape index (κ3) is 5.11. The Morgan fingerprint density at radius 3 is 1.87 bits per heavy atom. The molecular weight excluding hydrogens is 382 g/mol. The maximum Gasteiger partial charge on any atom is 0.255 e. The number of hydrogen-bond acceptors (Lipinski definition) is 2. The monoisotopic (exact) mass is 411 g/mol. The number of nitrogens with one attached hydrogen (secondary N) is 1. The fourth-order valence-corrected chi connectivity index (χ4v) is 4.27. The van der Waals surface area contributed by atoms with E-state index in [0.717, 1.165) is 41.6 Å². The number of amides is 1. The number of hydrogen-bond donors (Lipinski definition) is 1. The van der Waals surface area contributed by atoms with E-state index in [1.165, 1.54) is 24.8 Å². The first kappa shape index (κ1) is 21.0. The highest BCUT2D eigenvalue weighted by molar-refractivity contribution is 6.04. The van der Waals surface area contributed by atoms with Gasteiger partial charge in [0.1, 0.15) is 0 Å². The van der Waals surface area contributed by atoms with Crippen LogP contribution in [0, 0.1) is 5.92 Å². The lowest BCUT2D eigenvalue weighted by atomic mass is 9.83. The first-order valence-electron chi connectivity index (χ1n) is 11.3. The van der Waals surface area contributed by atoms with Crippen LogP contribution in [-0.2, 0) is 6.42 Å². The minimum Gasteiger partial charge on any atom is -0.322 e. The van der Waals surface area contributed by atoms with Crippen molar-refractivity contribution in [3.05, 3.63) is 89.5 Å². The third-order valence-electron chi connectivity index (χ3n) is 6.25. The van der Waals surface area contributed by atoms with Crippen molar-refractivity contribution in [2.45, 2.75) is 45.4 Å². The quantitative estimate of drug-likeness (QED) is 0.447. The largest absolute Gasteiger partial charge is 0.322 e. The summed E-state index contributed by atoms with van der Waals surface area (Å²) in [7, 11) is 0. The SMILES string of the molecule is CCc1ccc(C(=O)Nc2ccc(-c3ccc(C(=O)C4CCCCC4)cc3)cc2)cc1. The van der Waals surface area contributed by atoms with Gasteiger partial charge in [0.2, 0.25) is 0 Å². The van der Waals surface area contributed by atoms with Crippen LogP contribution in [0.4, 0.5) is 5.69 Å². The van der Waals surface area contributed by atoms with Gasteiger partial charge in [-0.25, -0.2) is 0 Å². The molecule has 0 spiro atoms. The molecular formula is C28H29NO2. The molecule has 1 aliphatic carbocycles. The lowest BCUT2D eigenvalue weighted by Gasteiger charge is -2.20. The van der Waals surface area contributed by atoms with Gasteiger partial charge < -0.3 is 5.32 Å². The molecule has 1 amide bonds. The van der Waals surface area contributed by atoms with Gasteiger partial charge in [0.05, 0.1) is 0 Å². The summed E-state index contributed by atoms with van der Waals surface area (Å²) in [5.41, 5.74) is 5.56. The van der Waals surface area contributed by atoms with E-state index in [0.29, 0.717) is 5.56 Å². The summed E-state index contributed by atoms with van der Waals surface area (Å²) in [5.74, 6) is 0.373. The van der Waals surface area contributed by atoms with E-state index in [2.05, 4.69) is 12.2 Å². The molecule has 31 heavy (non-hydrogen) atoms. The van der Waals surface area contributed by atoms with Crippen molar-refractivity contribution >= 4 is 17.4 Å². The van der Waals surface area contributed by atoms with Crippen LogP contribution in [0.3, 0.4) is 0 Å². The van der Waals surface area contributed by atoms with Crippen LogP contribution in [0.15, 0.2) is 72.8 Å². The van der Waals surface area contributed by atoms with Crippen LogP contribution >= 0.6 is 0 Å². The molecule has 0 radical (unpaired) electrons. The molecule has 0 heterocycles. The van der Waals surface area contributed by atoms with Crippen LogP contribution in [0.2, 0.25) is 0 Å². The van der Waals surface area contributed by atoms with Crippen LogP contribution in [0.25, 0.3) is 11.1 Å². The summed E-state index contributed by atoms with van der Waals surface area (Å²) in [6.07, 6.45) is 6.60. The Bertz CT molecular complexity index is 1030. The number of carbonyl (C=O) groups excluding carboxylic acids is 2. The van der Waals surface area contributed by atoms with E-state index in [1.54, 1.807) is 0 Å². The molecule has 3 heteroatoms. The maximum absolute atomic E-state index is 12.7. The molecule has 3 nitrogen and oxygen atoms in total. The normalized spacial score (nSPS) is 14.2. The van der Waals surface area contributed by atoms with Crippen LogP contribution < -0.4 is 5.32 Å². The number of rotatable bonds is 6. The highest BCUT2D eigenvalue weighted by Gasteiger charge is 2.22. The first-order valence-corrected chi connectivity index (χ1v) is 11.3. The summed E-state index contributed by atoms with van der Waals surface area (Å²) in [6.45, 7) is 2.10. The molecule has 0 aromatic heterocycles. The van der Waals surface area contributed by atoms with Gasteiger partial charge in [0.25, 0.3) is 5.91 Å². The van der Waals surface area contributed by atoms with Gasteiger partial charge in [0, 0.05) is 22.7 Å². The molecule has 3 aromatic rings. The van der Waals surface area contributed by atoms with E-state index in [4.69, 9.17) is 0 Å². The second kappa shape index (κ2) is 9.74. The fourth-order valence-electron chi connectivity index (χ4n) is 4.27. The van der Waals surface area contributed by atoms with Crippen molar-refractivity contribution in [1.82, 2.24) is 0 Å². The van der Waals surface area contributed by atoms with Gasteiger partial charge in [-0.15, -0.1) is 0 Å². The number of Topliss-reactive ketones (excluding diaryl/α,β-unsaturated/α-hetero) is 1. The van der Waals surface area contributed by atoms with Gasteiger partial charge in [-0.2, -0.15) is 0 Å². The fraction of sp³-hybridized carbons (Fsp3) is 0.286. The molecule has 0 unspecified atom stereocenters. The molecule has 1 saturated carbocycles. The highest BCUT2D eigenvalue weighted by Crippen LogP contribution is 2.28. The van der Waals surface area contributed by atoms with Gasteiger partial charge >= 0.3 is 0 Å². The van der Waals surface area contributed by atoms with Crippen molar-refractivity contribution < 1.29 is 9.59 Å². The molecule has 0 atom stereocenters. The molecule has 1 aliphatic rings. The lowest BCUT2D eigenvalue weighted by molar-refractivity contribution is 0.0889. The van der Waals surface area contributed by atoms with Crippen molar-refractivity contribution in [2.24, 2.45) is 5.92 Å². The Kier molecular flexibility index (Phi) is 6.61. The summed E-state index contributed by atoms with van der Waals surface area (Å²) in [4.78, 5) is 25.2. The summed E-state index contributed by atoms with van der Waals surface area (Å²) < 4.78 is 0. The van der Waals surface area contributed by atoms with Gasteiger partial charge in [-0.05, 0) is 60.2 Å². The first-order chi connectivity index (χ1) is 15.1. The predicted octanol–water partition coefficient (Wildman–Crippen LogP) is 6.93. The average molecular weight is 412 g/mol. The number of benzene rings is 3. The Labute approximate surface area is 184 Å². The minimum atomic E-state index is -0.110.